The van der Waals surface area contributed by atoms with Gasteiger partial charge in [-0.2, -0.15) is 0 Å². The molecule has 1 aromatic rings. The molecule has 1 amide bonds. The first-order valence-corrected chi connectivity index (χ1v) is 7.11. The summed E-state index contributed by atoms with van der Waals surface area (Å²) in [5.41, 5.74) is 6.47. The van der Waals surface area contributed by atoms with Gasteiger partial charge in [-0.1, -0.05) is 0 Å². The third kappa shape index (κ3) is 3.87. The molecule has 5 nitrogen and oxygen atoms in total. The Balaban J connectivity index is 1.79. The van der Waals surface area contributed by atoms with Crippen LogP contribution < -0.4 is 11.1 Å². The van der Waals surface area contributed by atoms with E-state index in [0.717, 1.165) is 19.5 Å². The van der Waals surface area contributed by atoms with Crippen molar-refractivity contribution in [2.75, 3.05) is 32.4 Å². The molecule has 4 N–H and O–H groups in total. The predicted octanol–water partition coefficient (Wildman–Crippen LogP) is 1.44. The Bertz CT molecular complexity index is 468. The average Bonchev–Trinajstić information content (AvgIpc) is 2.43. The van der Waals surface area contributed by atoms with Crippen LogP contribution in [0.15, 0.2) is 18.2 Å². The van der Waals surface area contributed by atoms with Gasteiger partial charge in [-0.3, -0.25) is 4.79 Å². The number of hydrogen-bond donors (Lipinski definition) is 3. The number of nitrogens with two attached hydrogens (primary N) is 1. The van der Waals surface area contributed by atoms with Gasteiger partial charge in [0.1, 0.15) is 5.75 Å². The maximum Gasteiger partial charge on any atom is 0.253 e. The largest absolute Gasteiger partial charge is 0.508 e. The van der Waals surface area contributed by atoms with E-state index < -0.39 is 0 Å². The highest BCUT2D eigenvalue weighted by molar-refractivity contribution is 5.99. The highest BCUT2D eigenvalue weighted by Crippen LogP contribution is 2.20. The number of nitrogens with zero attached hydrogens (tertiary/aromatic N) is 1. The molecule has 1 saturated heterocycles. The fourth-order valence-corrected chi connectivity index (χ4v) is 2.58. The standard InChI is InChI=1S/C15H23N3O2/c1-18-8-5-11(6-9-18)4-7-17-15(20)13-10-12(19)2-3-14(13)16/h2-3,10-11,19H,4-9,16H2,1H3,(H,17,20). The van der Waals surface area contributed by atoms with Crippen LogP contribution >= 0.6 is 0 Å². The van der Waals surface area contributed by atoms with Crippen molar-refractivity contribution >= 4 is 11.6 Å². The summed E-state index contributed by atoms with van der Waals surface area (Å²) in [6.07, 6.45) is 3.39. The molecule has 2 rings (SSSR count). The van der Waals surface area contributed by atoms with Crippen LogP contribution in [0.1, 0.15) is 29.6 Å². The molecule has 0 aromatic heterocycles. The fourth-order valence-electron chi connectivity index (χ4n) is 2.58. The van der Waals surface area contributed by atoms with E-state index >= 15 is 0 Å². The number of carbonyl (C=O) groups is 1. The number of phenolic OH excluding ortho intramolecular Hbond substituents is 1. The number of hydrogen-bond acceptors (Lipinski definition) is 4. The van der Waals surface area contributed by atoms with Gasteiger partial charge in [0.05, 0.1) is 5.56 Å². The van der Waals surface area contributed by atoms with Gasteiger partial charge < -0.3 is 21.1 Å². The molecule has 0 saturated carbocycles. The van der Waals surface area contributed by atoms with E-state index in [9.17, 15) is 9.90 Å². The van der Waals surface area contributed by atoms with E-state index in [2.05, 4.69) is 17.3 Å². The molecule has 0 atom stereocenters. The van der Waals surface area contributed by atoms with E-state index in [1.807, 2.05) is 0 Å². The van der Waals surface area contributed by atoms with Crippen LogP contribution in [0.25, 0.3) is 0 Å². The maximum absolute atomic E-state index is 12.0. The van der Waals surface area contributed by atoms with Crippen LogP contribution in [0.3, 0.4) is 0 Å². The van der Waals surface area contributed by atoms with Gasteiger partial charge in [0.15, 0.2) is 0 Å². The van der Waals surface area contributed by atoms with Crippen molar-refractivity contribution in [3.05, 3.63) is 23.8 Å². The zero-order valence-electron chi connectivity index (χ0n) is 11.9. The number of carbonyl (C=O) groups excluding carboxylic acids is 1. The fraction of sp³-hybridized carbons (Fsp3) is 0.533. The van der Waals surface area contributed by atoms with E-state index in [1.54, 1.807) is 6.07 Å². The van der Waals surface area contributed by atoms with Crippen molar-refractivity contribution in [2.24, 2.45) is 5.92 Å². The van der Waals surface area contributed by atoms with E-state index in [4.69, 9.17) is 5.73 Å². The molecule has 5 heteroatoms. The maximum atomic E-state index is 12.0. The number of piperidine rings is 1. The number of benzene rings is 1. The Morgan fingerprint density at radius 1 is 1.45 bits per heavy atom. The molecule has 110 valence electrons. The molecular weight excluding hydrogens is 254 g/mol. The van der Waals surface area contributed by atoms with Crippen LogP contribution in [-0.2, 0) is 0 Å². The van der Waals surface area contributed by atoms with Crippen LogP contribution in [0.4, 0.5) is 5.69 Å². The molecule has 1 aliphatic heterocycles. The molecule has 0 bridgehead atoms. The lowest BCUT2D eigenvalue weighted by molar-refractivity contribution is 0.0949. The number of nitrogens with one attached hydrogen (secondary N) is 1. The molecule has 20 heavy (non-hydrogen) atoms. The van der Waals surface area contributed by atoms with Crippen molar-refractivity contribution in [3.8, 4) is 5.75 Å². The van der Waals surface area contributed by atoms with Crippen molar-refractivity contribution in [2.45, 2.75) is 19.3 Å². The summed E-state index contributed by atoms with van der Waals surface area (Å²) in [6, 6.07) is 4.42. The van der Waals surface area contributed by atoms with Crippen molar-refractivity contribution in [1.82, 2.24) is 10.2 Å². The van der Waals surface area contributed by atoms with Gasteiger partial charge in [-0.15, -0.1) is 0 Å². The van der Waals surface area contributed by atoms with Crippen LogP contribution in [0, 0.1) is 5.92 Å². The Kier molecular flexibility index (Phi) is 4.84. The minimum Gasteiger partial charge on any atom is -0.508 e. The van der Waals surface area contributed by atoms with E-state index in [0.29, 0.717) is 23.7 Å². The monoisotopic (exact) mass is 277 g/mol. The van der Waals surface area contributed by atoms with Gasteiger partial charge in [0.25, 0.3) is 5.91 Å². The zero-order chi connectivity index (χ0) is 14.5. The van der Waals surface area contributed by atoms with Crippen molar-refractivity contribution < 1.29 is 9.90 Å². The molecule has 1 aromatic carbocycles. The Labute approximate surface area is 119 Å². The summed E-state index contributed by atoms with van der Waals surface area (Å²) in [7, 11) is 2.14. The first-order valence-electron chi connectivity index (χ1n) is 7.11. The highest BCUT2D eigenvalue weighted by Gasteiger charge is 2.17. The second-order valence-electron chi connectivity index (χ2n) is 5.56. The first-order chi connectivity index (χ1) is 9.56. The summed E-state index contributed by atoms with van der Waals surface area (Å²) in [4.78, 5) is 14.3. The van der Waals surface area contributed by atoms with Gasteiger partial charge in [-0.25, -0.2) is 0 Å². The Hall–Kier alpha value is -1.75. The lowest BCUT2D eigenvalue weighted by Gasteiger charge is -2.28. The minimum atomic E-state index is -0.216. The van der Waals surface area contributed by atoms with Crippen LogP contribution in [-0.4, -0.2) is 42.6 Å². The van der Waals surface area contributed by atoms with E-state index in [-0.39, 0.29) is 11.7 Å². The predicted molar refractivity (Wildman–Crippen MR) is 79.7 cm³/mol. The summed E-state index contributed by atoms with van der Waals surface area (Å²) in [5.74, 6) is 0.527. The smallest absolute Gasteiger partial charge is 0.253 e. The Morgan fingerprint density at radius 2 is 2.15 bits per heavy atom. The number of likely N-dealkylation sites (tertiary alicyclic amines) is 1. The van der Waals surface area contributed by atoms with Crippen LogP contribution in [0.5, 0.6) is 5.75 Å². The van der Waals surface area contributed by atoms with Gasteiger partial charge in [0.2, 0.25) is 0 Å². The number of rotatable bonds is 4. The topological polar surface area (TPSA) is 78.6 Å². The van der Waals surface area contributed by atoms with Crippen LogP contribution in [0.2, 0.25) is 0 Å². The molecule has 0 spiro atoms. The third-order valence-corrected chi connectivity index (χ3v) is 3.96. The second kappa shape index (κ2) is 6.61. The van der Waals surface area contributed by atoms with E-state index in [1.165, 1.54) is 25.0 Å². The zero-order valence-corrected chi connectivity index (χ0v) is 11.9. The summed E-state index contributed by atoms with van der Waals surface area (Å²) in [6.45, 7) is 2.93. The highest BCUT2D eigenvalue weighted by atomic mass is 16.3. The first kappa shape index (κ1) is 14.7. The van der Waals surface area contributed by atoms with Crippen molar-refractivity contribution in [1.29, 1.82) is 0 Å². The van der Waals surface area contributed by atoms with Gasteiger partial charge >= 0.3 is 0 Å². The third-order valence-electron chi connectivity index (χ3n) is 3.96. The quantitative estimate of drug-likeness (QED) is 0.575. The van der Waals surface area contributed by atoms with Crippen molar-refractivity contribution in [3.63, 3.8) is 0 Å². The summed E-state index contributed by atoms with van der Waals surface area (Å²) < 4.78 is 0. The lowest BCUT2D eigenvalue weighted by Crippen LogP contribution is -2.32. The van der Waals surface area contributed by atoms with Gasteiger partial charge in [-0.05, 0) is 63.5 Å². The average molecular weight is 277 g/mol. The minimum absolute atomic E-state index is 0.0552. The lowest BCUT2D eigenvalue weighted by atomic mass is 9.94. The molecular formula is C15H23N3O2. The summed E-state index contributed by atoms with van der Waals surface area (Å²) in [5, 5.41) is 12.3. The normalized spacial score (nSPS) is 17.1. The number of anilines is 1. The molecule has 1 fully saturated rings. The number of nitrogen functional groups attached to an aromatic ring is 1. The molecule has 0 unspecified atom stereocenters. The molecule has 1 aliphatic rings. The number of amides is 1. The number of phenols is 1. The molecule has 1 heterocycles. The second-order valence-corrected chi connectivity index (χ2v) is 5.56. The SMILES string of the molecule is CN1CCC(CCNC(=O)c2cc(O)ccc2N)CC1. The van der Waals surface area contributed by atoms with Gasteiger partial charge in [0, 0.05) is 12.2 Å². The number of aromatic hydroxyl groups is 1. The molecule has 0 aliphatic carbocycles. The molecule has 0 radical (unpaired) electrons. The Morgan fingerprint density at radius 3 is 2.85 bits per heavy atom. The summed E-state index contributed by atoms with van der Waals surface area (Å²) >= 11 is 0.